The molecule has 1 heterocycles. The minimum absolute atomic E-state index is 0.00306. The third-order valence-electron chi connectivity index (χ3n) is 2.60. The van der Waals surface area contributed by atoms with Gasteiger partial charge in [0.15, 0.2) is 0 Å². The van der Waals surface area contributed by atoms with Crippen LogP contribution in [0.4, 0.5) is 4.39 Å². The van der Waals surface area contributed by atoms with Gasteiger partial charge in [0.25, 0.3) is 11.9 Å². The van der Waals surface area contributed by atoms with Gasteiger partial charge in [0, 0.05) is 0 Å². The van der Waals surface area contributed by atoms with Crippen molar-refractivity contribution < 1.29 is 18.7 Å². The van der Waals surface area contributed by atoms with Gasteiger partial charge in [0.05, 0.1) is 12.7 Å². The molecule has 0 aliphatic carbocycles. The lowest BCUT2D eigenvalue weighted by atomic mass is 9.94. The maximum atomic E-state index is 13.8. The summed E-state index contributed by atoms with van der Waals surface area (Å²) in [4.78, 5) is 15.2. The van der Waals surface area contributed by atoms with Gasteiger partial charge in [-0.1, -0.05) is 6.07 Å². The SMILES string of the molecule is COc1cccc(F)c1C1(C)OC(N)=NC1=O. The molecule has 1 aromatic carbocycles. The van der Waals surface area contributed by atoms with Crippen molar-refractivity contribution in [3.05, 3.63) is 29.6 Å². The molecule has 0 saturated heterocycles. The molecule has 0 aromatic heterocycles. The molecule has 1 unspecified atom stereocenters. The number of nitrogens with zero attached hydrogens (tertiary/aromatic N) is 1. The number of carbonyl (C=O) groups is 1. The minimum atomic E-state index is -1.57. The summed E-state index contributed by atoms with van der Waals surface area (Å²) in [5.41, 5.74) is 3.75. The van der Waals surface area contributed by atoms with Gasteiger partial charge >= 0.3 is 0 Å². The average molecular weight is 238 g/mol. The molecule has 17 heavy (non-hydrogen) atoms. The van der Waals surface area contributed by atoms with E-state index in [1.807, 2.05) is 0 Å². The number of hydrogen-bond donors (Lipinski definition) is 1. The third kappa shape index (κ3) is 1.61. The molecule has 1 aliphatic rings. The van der Waals surface area contributed by atoms with Crippen LogP contribution in [-0.2, 0) is 15.1 Å². The second-order valence-electron chi connectivity index (χ2n) is 3.71. The number of amidine groups is 1. The monoisotopic (exact) mass is 238 g/mol. The number of ether oxygens (including phenoxy) is 2. The average Bonchev–Trinajstić information content (AvgIpc) is 2.52. The molecule has 1 aliphatic heterocycles. The van der Waals surface area contributed by atoms with Crippen LogP contribution in [0.2, 0.25) is 0 Å². The number of carbonyl (C=O) groups excluding carboxylic acids is 1. The molecule has 90 valence electrons. The lowest BCUT2D eigenvalue weighted by Crippen LogP contribution is -2.33. The first kappa shape index (κ1) is 11.4. The van der Waals surface area contributed by atoms with Crippen molar-refractivity contribution in [2.24, 2.45) is 10.7 Å². The number of aliphatic imine (C=N–C) groups is 1. The Bertz CT molecular complexity index is 515. The topological polar surface area (TPSA) is 73.9 Å². The van der Waals surface area contributed by atoms with Gasteiger partial charge in [-0.15, -0.1) is 0 Å². The quantitative estimate of drug-likeness (QED) is 0.831. The normalized spacial score (nSPS) is 23.2. The van der Waals surface area contributed by atoms with E-state index in [1.54, 1.807) is 0 Å². The molecule has 0 radical (unpaired) electrons. The Morgan fingerprint density at radius 1 is 1.53 bits per heavy atom. The van der Waals surface area contributed by atoms with E-state index in [4.69, 9.17) is 15.2 Å². The second-order valence-corrected chi connectivity index (χ2v) is 3.71. The molecule has 1 amide bonds. The lowest BCUT2D eigenvalue weighted by Gasteiger charge is -2.23. The second kappa shape index (κ2) is 3.73. The zero-order chi connectivity index (χ0) is 12.6. The van der Waals surface area contributed by atoms with Crippen molar-refractivity contribution in [3.8, 4) is 5.75 Å². The molecule has 2 N–H and O–H groups in total. The maximum Gasteiger partial charge on any atom is 0.299 e. The molecule has 0 saturated carbocycles. The molecule has 1 aromatic rings. The van der Waals surface area contributed by atoms with E-state index in [0.29, 0.717) is 0 Å². The summed E-state index contributed by atoms with van der Waals surface area (Å²) in [6.45, 7) is 1.40. The molecule has 2 rings (SSSR count). The highest BCUT2D eigenvalue weighted by atomic mass is 19.1. The van der Waals surface area contributed by atoms with Crippen LogP contribution in [0.3, 0.4) is 0 Å². The van der Waals surface area contributed by atoms with E-state index in [0.717, 1.165) is 0 Å². The van der Waals surface area contributed by atoms with Crippen LogP contribution >= 0.6 is 0 Å². The predicted octanol–water partition coefficient (Wildman–Crippen LogP) is 0.921. The van der Waals surface area contributed by atoms with Crippen molar-refractivity contribution in [2.45, 2.75) is 12.5 Å². The maximum absolute atomic E-state index is 13.8. The van der Waals surface area contributed by atoms with E-state index in [-0.39, 0.29) is 17.3 Å². The summed E-state index contributed by atoms with van der Waals surface area (Å²) in [5, 5.41) is 0. The molecule has 0 fully saturated rings. The molecule has 0 spiro atoms. The fourth-order valence-corrected chi connectivity index (χ4v) is 1.78. The first-order chi connectivity index (χ1) is 7.99. The van der Waals surface area contributed by atoms with Crippen LogP contribution < -0.4 is 10.5 Å². The number of benzene rings is 1. The summed E-state index contributed by atoms with van der Waals surface area (Å²) in [7, 11) is 1.38. The number of halogens is 1. The van der Waals surface area contributed by atoms with Crippen molar-refractivity contribution in [2.75, 3.05) is 7.11 Å². The Morgan fingerprint density at radius 2 is 2.24 bits per heavy atom. The number of methoxy groups -OCH3 is 1. The van der Waals surface area contributed by atoms with Gasteiger partial charge in [0.2, 0.25) is 5.60 Å². The lowest BCUT2D eigenvalue weighted by molar-refractivity contribution is -0.130. The van der Waals surface area contributed by atoms with E-state index < -0.39 is 17.3 Å². The summed E-state index contributed by atoms with van der Waals surface area (Å²) >= 11 is 0. The van der Waals surface area contributed by atoms with Crippen molar-refractivity contribution in [3.63, 3.8) is 0 Å². The van der Waals surface area contributed by atoms with Crippen molar-refractivity contribution >= 4 is 11.9 Å². The minimum Gasteiger partial charge on any atom is -0.496 e. The zero-order valence-electron chi connectivity index (χ0n) is 9.36. The summed E-state index contributed by atoms with van der Waals surface area (Å²) in [6.07, 6.45) is 0. The summed E-state index contributed by atoms with van der Waals surface area (Å²) in [5.74, 6) is -1.05. The van der Waals surface area contributed by atoms with E-state index in [1.165, 1.54) is 32.2 Å². The smallest absolute Gasteiger partial charge is 0.299 e. The standard InChI is InChI=1S/C11H11FN2O3/c1-11(9(15)14-10(13)17-11)8-6(12)4-3-5-7(8)16-2/h3-5H,1-2H3,(H2,13,14,15). The summed E-state index contributed by atoms with van der Waals surface area (Å²) < 4.78 is 24.0. The zero-order valence-corrected chi connectivity index (χ0v) is 9.36. The summed E-state index contributed by atoms with van der Waals surface area (Å²) in [6, 6.07) is 3.95. The van der Waals surface area contributed by atoms with Gasteiger partial charge in [-0.25, -0.2) is 4.39 Å². The Labute approximate surface area is 97.0 Å². The third-order valence-corrected chi connectivity index (χ3v) is 2.60. The molecular formula is C11H11FN2O3. The predicted molar refractivity (Wildman–Crippen MR) is 58.0 cm³/mol. The van der Waals surface area contributed by atoms with Crippen LogP contribution in [0.5, 0.6) is 5.75 Å². The fraction of sp³-hybridized carbons (Fsp3) is 0.273. The van der Waals surface area contributed by atoms with Crippen LogP contribution in [0.25, 0.3) is 0 Å². The number of hydrogen-bond acceptors (Lipinski definition) is 4. The van der Waals surface area contributed by atoms with Crippen LogP contribution in [0, 0.1) is 5.82 Å². The highest BCUT2D eigenvalue weighted by Crippen LogP contribution is 2.38. The molecular weight excluding hydrogens is 227 g/mol. The van der Waals surface area contributed by atoms with E-state index in [9.17, 15) is 9.18 Å². The fourth-order valence-electron chi connectivity index (χ4n) is 1.78. The number of rotatable bonds is 2. The Hall–Kier alpha value is -2.11. The van der Waals surface area contributed by atoms with Crippen LogP contribution in [0.1, 0.15) is 12.5 Å². The first-order valence-corrected chi connectivity index (χ1v) is 4.89. The highest BCUT2D eigenvalue weighted by molar-refractivity contribution is 6.01. The van der Waals surface area contributed by atoms with Crippen LogP contribution in [-0.4, -0.2) is 19.0 Å². The van der Waals surface area contributed by atoms with Gasteiger partial charge in [0.1, 0.15) is 11.6 Å². The van der Waals surface area contributed by atoms with E-state index in [2.05, 4.69) is 4.99 Å². The van der Waals surface area contributed by atoms with Gasteiger partial charge in [-0.2, -0.15) is 4.99 Å². The van der Waals surface area contributed by atoms with Crippen molar-refractivity contribution in [1.82, 2.24) is 0 Å². The highest BCUT2D eigenvalue weighted by Gasteiger charge is 2.47. The number of nitrogens with two attached hydrogens (primary N) is 1. The molecule has 0 bridgehead atoms. The molecule has 5 nitrogen and oxygen atoms in total. The first-order valence-electron chi connectivity index (χ1n) is 4.89. The Kier molecular flexibility index (Phi) is 2.49. The van der Waals surface area contributed by atoms with Gasteiger partial charge < -0.3 is 15.2 Å². The van der Waals surface area contributed by atoms with E-state index >= 15 is 0 Å². The van der Waals surface area contributed by atoms with Gasteiger partial charge in [-0.3, -0.25) is 4.79 Å². The van der Waals surface area contributed by atoms with Gasteiger partial charge in [-0.05, 0) is 19.1 Å². The molecule has 1 atom stereocenters. The largest absolute Gasteiger partial charge is 0.496 e. The Balaban J connectivity index is 2.58. The van der Waals surface area contributed by atoms with Crippen LogP contribution in [0.15, 0.2) is 23.2 Å². The molecule has 6 heteroatoms. The van der Waals surface area contributed by atoms with Crippen molar-refractivity contribution in [1.29, 1.82) is 0 Å². The Morgan fingerprint density at radius 3 is 2.76 bits per heavy atom. The number of amides is 1.